The number of halogens is 2. The second kappa shape index (κ2) is 6.05. The van der Waals surface area contributed by atoms with E-state index in [9.17, 15) is 8.42 Å². The second-order valence-corrected chi connectivity index (χ2v) is 6.58. The van der Waals surface area contributed by atoms with Crippen LogP contribution in [0.3, 0.4) is 0 Å². The molecule has 1 aromatic heterocycles. The smallest absolute Gasteiger partial charge is 0.232 e. The van der Waals surface area contributed by atoms with Gasteiger partial charge in [0.15, 0.2) is 5.82 Å². The van der Waals surface area contributed by atoms with Gasteiger partial charge in [0.05, 0.1) is 23.8 Å². The summed E-state index contributed by atoms with van der Waals surface area (Å²) in [5.74, 6) is 0.114. The number of sulfonamides is 1. The number of para-hydroxylation sites is 2. The average Bonchev–Trinajstić information content (AvgIpc) is 2.42. The Morgan fingerprint density at radius 1 is 1.33 bits per heavy atom. The van der Waals surface area contributed by atoms with Crippen LogP contribution in [0.4, 0.5) is 17.2 Å². The monoisotopic (exact) mass is 349 g/mol. The summed E-state index contributed by atoms with van der Waals surface area (Å²) < 4.78 is 46.8. The van der Waals surface area contributed by atoms with Gasteiger partial charge in [-0.2, -0.15) is 4.98 Å². The Morgan fingerprint density at radius 2 is 2.05 bits per heavy atom. The fourth-order valence-corrected chi connectivity index (χ4v) is 2.28. The first-order valence-corrected chi connectivity index (χ1v) is 8.15. The van der Waals surface area contributed by atoms with Crippen LogP contribution < -0.4 is 9.62 Å². The molecule has 1 N–H and O–H groups in total. The van der Waals surface area contributed by atoms with Crippen LogP contribution in [-0.2, 0) is 10.0 Å². The Labute approximate surface area is 137 Å². The molecule has 0 bridgehead atoms. The lowest BCUT2D eigenvalue weighted by atomic mass is 10.2. The molecule has 0 atom stereocenters. The lowest BCUT2D eigenvalue weighted by Crippen LogP contribution is -2.25. The van der Waals surface area contributed by atoms with E-state index in [1.165, 1.54) is 24.4 Å². The minimum absolute atomic E-state index is 0.0739. The number of rotatable bonds is 4. The number of aromatic nitrogens is 2. The van der Waals surface area contributed by atoms with Crippen LogP contribution in [0.25, 0.3) is 0 Å². The molecule has 6 nitrogen and oxygen atoms in total. The van der Waals surface area contributed by atoms with Gasteiger partial charge in [0, 0.05) is 11.1 Å². The predicted octanol–water partition coefficient (Wildman–Crippen LogP) is 2.92. The van der Waals surface area contributed by atoms with Crippen molar-refractivity contribution in [1.82, 2.24) is 9.97 Å². The molecule has 2 aromatic rings. The highest BCUT2D eigenvalue weighted by Gasteiger charge is 2.16. The standard InChI is InChI=1S/C12H12Cl2N4O2S/c1-18(21(2,19)20)10-6-4-3-5-9(10)16-11-8(13)7-15-12(14)17-11/h3-7H,1-2H3,(H,15,16,17)/i1D3. The minimum Gasteiger partial charge on any atom is -0.337 e. The van der Waals surface area contributed by atoms with Crippen LogP contribution >= 0.6 is 23.2 Å². The SMILES string of the molecule is [2H]C([2H])([2H])N(c1ccccc1Nc1nc(Cl)ncc1Cl)S(C)(=O)=O. The van der Waals surface area contributed by atoms with Crippen molar-refractivity contribution in [2.75, 3.05) is 22.9 Å². The van der Waals surface area contributed by atoms with Crippen molar-refractivity contribution >= 4 is 50.4 Å². The van der Waals surface area contributed by atoms with Gasteiger partial charge < -0.3 is 5.32 Å². The van der Waals surface area contributed by atoms with Gasteiger partial charge in [-0.1, -0.05) is 23.7 Å². The van der Waals surface area contributed by atoms with Gasteiger partial charge in [-0.25, -0.2) is 13.4 Å². The van der Waals surface area contributed by atoms with E-state index in [0.29, 0.717) is 4.31 Å². The number of hydrogen-bond acceptors (Lipinski definition) is 5. The first kappa shape index (κ1) is 12.0. The van der Waals surface area contributed by atoms with Crippen LogP contribution in [0.1, 0.15) is 4.11 Å². The molecule has 21 heavy (non-hydrogen) atoms. The van der Waals surface area contributed by atoms with E-state index in [0.717, 1.165) is 6.26 Å². The maximum atomic E-state index is 12.0. The fourth-order valence-electron chi connectivity index (χ4n) is 1.50. The normalized spacial score (nSPS) is 14.0. The maximum Gasteiger partial charge on any atom is 0.232 e. The molecule has 2 rings (SSSR count). The molecular formula is C12H12Cl2N4O2S. The topological polar surface area (TPSA) is 75.2 Å². The van der Waals surface area contributed by atoms with Gasteiger partial charge in [-0.05, 0) is 23.7 Å². The van der Waals surface area contributed by atoms with Crippen molar-refractivity contribution in [2.24, 2.45) is 0 Å². The highest BCUT2D eigenvalue weighted by Crippen LogP contribution is 2.31. The largest absolute Gasteiger partial charge is 0.337 e. The van der Waals surface area contributed by atoms with Crippen LogP contribution in [-0.4, -0.2) is 31.6 Å². The molecular weight excluding hydrogens is 335 g/mol. The number of hydrogen-bond donors (Lipinski definition) is 1. The zero-order valence-electron chi connectivity index (χ0n) is 13.7. The van der Waals surface area contributed by atoms with E-state index in [4.69, 9.17) is 27.3 Å². The van der Waals surface area contributed by atoms with Crippen molar-refractivity contribution in [2.45, 2.75) is 0 Å². The Bertz CT molecular complexity index is 862. The third-order valence-corrected chi connectivity index (χ3v) is 3.74. The molecule has 112 valence electrons. The molecule has 0 saturated carbocycles. The quantitative estimate of drug-likeness (QED) is 0.858. The van der Waals surface area contributed by atoms with E-state index in [-0.39, 0.29) is 27.5 Å². The number of nitrogens with zero attached hydrogens (tertiary/aromatic N) is 3. The Balaban J connectivity index is 2.56. The van der Waals surface area contributed by atoms with E-state index in [1.807, 2.05) is 0 Å². The molecule has 0 aliphatic carbocycles. The molecule has 0 aliphatic heterocycles. The van der Waals surface area contributed by atoms with Crippen molar-refractivity contribution in [3.05, 3.63) is 40.8 Å². The molecule has 1 heterocycles. The summed E-state index contributed by atoms with van der Waals surface area (Å²) in [6.07, 6.45) is 2.07. The summed E-state index contributed by atoms with van der Waals surface area (Å²) in [4.78, 5) is 7.60. The van der Waals surface area contributed by atoms with Gasteiger partial charge in [-0.15, -0.1) is 0 Å². The number of anilines is 3. The predicted molar refractivity (Wildman–Crippen MR) is 85.0 cm³/mol. The van der Waals surface area contributed by atoms with Crippen molar-refractivity contribution in [3.63, 3.8) is 0 Å². The van der Waals surface area contributed by atoms with Gasteiger partial charge in [-0.3, -0.25) is 4.31 Å². The molecule has 1 aromatic carbocycles. The molecule has 0 spiro atoms. The van der Waals surface area contributed by atoms with Crippen LogP contribution in [0, 0.1) is 0 Å². The summed E-state index contributed by atoms with van der Waals surface area (Å²) in [6.45, 7) is -2.90. The highest BCUT2D eigenvalue weighted by molar-refractivity contribution is 7.92. The molecule has 0 radical (unpaired) electrons. The number of benzene rings is 1. The van der Waals surface area contributed by atoms with E-state index in [2.05, 4.69) is 15.3 Å². The van der Waals surface area contributed by atoms with Crippen molar-refractivity contribution < 1.29 is 12.5 Å². The van der Waals surface area contributed by atoms with E-state index >= 15 is 0 Å². The fraction of sp³-hybridized carbons (Fsp3) is 0.167. The molecule has 9 heteroatoms. The molecule has 0 aliphatic rings. The van der Waals surface area contributed by atoms with Crippen molar-refractivity contribution in [1.29, 1.82) is 0 Å². The lowest BCUT2D eigenvalue weighted by Gasteiger charge is -2.20. The summed E-state index contributed by atoms with van der Waals surface area (Å²) in [5.41, 5.74) is 0.0986. The molecule has 0 amide bonds. The van der Waals surface area contributed by atoms with Gasteiger partial charge in [0.2, 0.25) is 15.3 Å². The second-order valence-electron chi connectivity index (χ2n) is 4.01. The zero-order valence-corrected chi connectivity index (χ0v) is 13.0. The highest BCUT2D eigenvalue weighted by atomic mass is 35.5. The van der Waals surface area contributed by atoms with Crippen molar-refractivity contribution in [3.8, 4) is 0 Å². The molecule has 0 fully saturated rings. The van der Waals surface area contributed by atoms with E-state index in [1.54, 1.807) is 6.07 Å². The van der Waals surface area contributed by atoms with Gasteiger partial charge >= 0.3 is 0 Å². The summed E-state index contributed by atoms with van der Waals surface area (Å²) in [5, 5.41) is 2.84. The maximum absolute atomic E-state index is 12.0. The summed E-state index contributed by atoms with van der Waals surface area (Å²) in [7, 11) is -4.07. The zero-order chi connectivity index (χ0) is 18.1. The first-order valence-electron chi connectivity index (χ1n) is 7.04. The molecule has 0 saturated heterocycles. The molecule has 0 unspecified atom stereocenters. The third kappa shape index (κ3) is 3.75. The van der Waals surface area contributed by atoms with Gasteiger partial charge in [0.25, 0.3) is 0 Å². The minimum atomic E-state index is -4.07. The van der Waals surface area contributed by atoms with Crippen LogP contribution in [0.5, 0.6) is 0 Å². The first-order chi connectivity index (χ1) is 11.0. The Morgan fingerprint density at radius 3 is 2.71 bits per heavy atom. The third-order valence-electron chi connectivity index (χ3n) is 2.42. The van der Waals surface area contributed by atoms with E-state index < -0.39 is 17.0 Å². The summed E-state index contributed by atoms with van der Waals surface area (Å²) >= 11 is 11.7. The number of nitrogens with one attached hydrogen (secondary N) is 1. The Kier molecular flexibility index (Phi) is 3.46. The van der Waals surface area contributed by atoms with Crippen LogP contribution in [0.15, 0.2) is 30.5 Å². The Hall–Kier alpha value is -1.57. The summed E-state index contributed by atoms with van der Waals surface area (Å²) in [6, 6.07) is 5.96. The average molecular weight is 350 g/mol. The lowest BCUT2D eigenvalue weighted by molar-refractivity contribution is 0.600. The van der Waals surface area contributed by atoms with Crippen LogP contribution in [0.2, 0.25) is 10.3 Å². The van der Waals surface area contributed by atoms with Gasteiger partial charge in [0.1, 0.15) is 5.02 Å².